The number of nitrogen functional groups attached to an aromatic ring is 1. The van der Waals surface area contributed by atoms with E-state index >= 15 is 0 Å². The fourth-order valence-electron chi connectivity index (χ4n) is 0.812. The quantitative estimate of drug-likeness (QED) is 0.518. The molecule has 0 amide bonds. The fourth-order valence-corrected chi connectivity index (χ4v) is 0.993. The number of hydrogen-bond donors (Lipinski definition) is 1. The predicted octanol–water partition coefficient (Wildman–Crippen LogP) is 1.86. The van der Waals surface area contributed by atoms with Gasteiger partial charge in [-0.3, -0.25) is 0 Å². The Balaban J connectivity index is 3.09. The van der Waals surface area contributed by atoms with Gasteiger partial charge in [-0.2, -0.15) is 0 Å². The molecule has 0 saturated heterocycles. The van der Waals surface area contributed by atoms with Crippen LogP contribution in [-0.4, -0.2) is 7.05 Å². The Bertz CT molecular complexity index is 263. The average Bonchev–Trinajstić information content (AvgIpc) is 1.85. The van der Waals surface area contributed by atoms with E-state index in [1.807, 2.05) is 0 Å². The first kappa shape index (κ1) is 8.17. The van der Waals surface area contributed by atoms with Crippen LogP contribution in [0.4, 0.5) is 11.4 Å². The molecule has 0 saturated carbocycles. The highest BCUT2D eigenvalue weighted by atomic mass is 35.5. The van der Waals surface area contributed by atoms with E-state index in [1.165, 1.54) is 7.05 Å². The Kier molecular flexibility index (Phi) is 2.22. The molecule has 0 aliphatic rings. The summed E-state index contributed by atoms with van der Waals surface area (Å²) in [4.78, 5) is 0. The summed E-state index contributed by atoms with van der Waals surface area (Å²) in [5.74, 6) is 0. The second-order valence-corrected chi connectivity index (χ2v) is 2.64. The van der Waals surface area contributed by atoms with Crippen molar-refractivity contribution in [2.45, 2.75) is 0 Å². The molecule has 0 atom stereocenters. The molecule has 0 aliphatic carbocycles. The maximum atomic E-state index is 10.8. The molecule has 1 rings (SSSR count). The number of hydroxylamine groups is 1. The third-order valence-electron chi connectivity index (χ3n) is 1.33. The third-order valence-corrected chi connectivity index (χ3v) is 1.56. The molecule has 0 heterocycles. The molecule has 3 nitrogen and oxygen atoms in total. The lowest BCUT2D eigenvalue weighted by Crippen LogP contribution is -2.08. The van der Waals surface area contributed by atoms with Gasteiger partial charge in [-0.05, 0) is 25.2 Å². The number of benzene rings is 1. The number of halogens is 1. The monoisotopic (exact) mass is 171 g/mol. The molecule has 11 heavy (non-hydrogen) atoms. The van der Waals surface area contributed by atoms with Crippen molar-refractivity contribution in [2.24, 2.45) is 0 Å². The minimum Gasteiger partial charge on any atom is -0.758 e. The van der Waals surface area contributed by atoms with Crippen molar-refractivity contribution < 1.29 is 0 Å². The van der Waals surface area contributed by atoms with Gasteiger partial charge in [0.05, 0.1) is 5.69 Å². The number of anilines is 2. The number of hydrogen-bond acceptors (Lipinski definition) is 3. The van der Waals surface area contributed by atoms with Crippen LogP contribution in [0.25, 0.3) is 0 Å². The zero-order valence-electron chi connectivity index (χ0n) is 6.04. The highest BCUT2D eigenvalue weighted by Crippen LogP contribution is 2.24. The van der Waals surface area contributed by atoms with E-state index < -0.39 is 0 Å². The smallest absolute Gasteiger partial charge is 0.0558 e. The van der Waals surface area contributed by atoms with Gasteiger partial charge >= 0.3 is 0 Å². The Morgan fingerprint density at radius 3 is 2.64 bits per heavy atom. The zero-order valence-corrected chi connectivity index (χ0v) is 6.80. The first-order valence-corrected chi connectivity index (χ1v) is 3.45. The van der Waals surface area contributed by atoms with E-state index in [2.05, 4.69) is 0 Å². The standard InChI is InChI=1S/C7H8ClN2O/c1-10(11)7-3-2-5(8)4-6(7)9/h2-4H,9H2,1H3/q-1. The molecule has 0 fully saturated rings. The molecular weight excluding hydrogens is 164 g/mol. The molecule has 0 aliphatic heterocycles. The van der Waals surface area contributed by atoms with E-state index in [4.69, 9.17) is 17.3 Å². The van der Waals surface area contributed by atoms with Crippen LogP contribution in [0.1, 0.15) is 0 Å². The zero-order chi connectivity index (χ0) is 8.43. The van der Waals surface area contributed by atoms with Crippen LogP contribution in [0, 0.1) is 5.21 Å². The van der Waals surface area contributed by atoms with E-state index in [0.717, 1.165) is 0 Å². The Hall–Kier alpha value is -0.930. The molecule has 0 aromatic heterocycles. The summed E-state index contributed by atoms with van der Waals surface area (Å²) in [6, 6.07) is 4.76. The highest BCUT2D eigenvalue weighted by molar-refractivity contribution is 6.31. The summed E-state index contributed by atoms with van der Waals surface area (Å²) in [5, 5.41) is 12.0. The lowest BCUT2D eigenvalue weighted by Gasteiger charge is -2.26. The Labute approximate surface area is 69.9 Å². The molecule has 2 N–H and O–H groups in total. The summed E-state index contributed by atoms with van der Waals surface area (Å²) in [6.45, 7) is 0. The Morgan fingerprint density at radius 1 is 1.55 bits per heavy atom. The van der Waals surface area contributed by atoms with Gasteiger partial charge in [0.1, 0.15) is 0 Å². The summed E-state index contributed by atoms with van der Waals surface area (Å²) < 4.78 is 0. The largest absolute Gasteiger partial charge is 0.758 e. The molecule has 0 spiro atoms. The summed E-state index contributed by atoms with van der Waals surface area (Å²) in [7, 11) is 1.39. The number of nitrogens with two attached hydrogens (primary N) is 1. The van der Waals surface area contributed by atoms with E-state index in [9.17, 15) is 5.21 Å². The van der Waals surface area contributed by atoms with Crippen LogP contribution in [0.2, 0.25) is 5.02 Å². The Morgan fingerprint density at radius 2 is 2.18 bits per heavy atom. The van der Waals surface area contributed by atoms with E-state index in [1.54, 1.807) is 18.2 Å². The van der Waals surface area contributed by atoms with Crippen molar-refractivity contribution in [2.75, 3.05) is 17.8 Å². The van der Waals surface area contributed by atoms with Gasteiger partial charge in [0.25, 0.3) is 0 Å². The molecule has 1 aromatic carbocycles. The first-order valence-electron chi connectivity index (χ1n) is 3.07. The normalized spacial score (nSPS) is 9.73. The summed E-state index contributed by atoms with van der Waals surface area (Å²) in [6.07, 6.45) is 0. The van der Waals surface area contributed by atoms with Gasteiger partial charge < -0.3 is 16.0 Å². The molecule has 0 unspecified atom stereocenters. The van der Waals surface area contributed by atoms with Crippen molar-refractivity contribution in [3.63, 3.8) is 0 Å². The van der Waals surface area contributed by atoms with Crippen LogP contribution < -0.4 is 10.8 Å². The van der Waals surface area contributed by atoms with Gasteiger partial charge in [0, 0.05) is 10.7 Å². The summed E-state index contributed by atoms with van der Waals surface area (Å²) in [5.41, 5.74) is 6.33. The molecule has 1 aromatic rings. The van der Waals surface area contributed by atoms with Crippen LogP contribution in [0.3, 0.4) is 0 Å². The fraction of sp³-hybridized carbons (Fsp3) is 0.143. The maximum absolute atomic E-state index is 10.8. The van der Waals surface area contributed by atoms with Crippen molar-refractivity contribution in [1.29, 1.82) is 0 Å². The second kappa shape index (κ2) is 2.98. The highest BCUT2D eigenvalue weighted by Gasteiger charge is 1.97. The minimum absolute atomic E-state index is 0.398. The molecule has 4 heteroatoms. The van der Waals surface area contributed by atoms with Gasteiger partial charge in [0.2, 0.25) is 0 Å². The topological polar surface area (TPSA) is 52.3 Å². The van der Waals surface area contributed by atoms with Gasteiger partial charge in [-0.1, -0.05) is 11.6 Å². The van der Waals surface area contributed by atoms with Gasteiger partial charge in [-0.25, -0.2) is 0 Å². The average molecular weight is 172 g/mol. The van der Waals surface area contributed by atoms with Crippen LogP contribution >= 0.6 is 11.6 Å². The molecule has 0 radical (unpaired) electrons. The van der Waals surface area contributed by atoms with E-state index in [0.29, 0.717) is 21.5 Å². The predicted molar refractivity (Wildman–Crippen MR) is 47.6 cm³/mol. The van der Waals surface area contributed by atoms with Crippen LogP contribution in [0.15, 0.2) is 18.2 Å². The second-order valence-electron chi connectivity index (χ2n) is 2.20. The van der Waals surface area contributed by atoms with Crippen molar-refractivity contribution in [3.8, 4) is 0 Å². The first-order chi connectivity index (χ1) is 5.11. The van der Waals surface area contributed by atoms with Gasteiger partial charge in [-0.15, -0.1) is 0 Å². The lowest BCUT2D eigenvalue weighted by molar-refractivity contribution is 1.22. The van der Waals surface area contributed by atoms with Crippen molar-refractivity contribution in [3.05, 3.63) is 28.4 Å². The minimum atomic E-state index is 0.398. The molecular formula is C7H8ClN2O-. The summed E-state index contributed by atoms with van der Waals surface area (Å²) >= 11 is 5.62. The van der Waals surface area contributed by atoms with Crippen LogP contribution in [-0.2, 0) is 0 Å². The third kappa shape index (κ3) is 1.76. The lowest BCUT2D eigenvalue weighted by atomic mass is 10.3. The van der Waals surface area contributed by atoms with Crippen LogP contribution in [0.5, 0.6) is 0 Å². The van der Waals surface area contributed by atoms with Gasteiger partial charge in [0.15, 0.2) is 0 Å². The van der Waals surface area contributed by atoms with Crippen molar-refractivity contribution in [1.82, 2.24) is 0 Å². The molecule has 0 bridgehead atoms. The maximum Gasteiger partial charge on any atom is 0.0558 e. The number of nitrogens with zero attached hydrogens (tertiary/aromatic N) is 1. The van der Waals surface area contributed by atoms with E-state index in [-0.39, 0.29) is 0 Å². The number of rotatable bonds is 1. The van der Waals surface area contributed by atoms with Crippen molar-refractivity contribution >= 4 is 23.0 Å². The molecule has 60 valence electrons. The SMILES string of the molecule is CN([O-])c1ccc(Cl)cc1N.